The minimum Gasteiger partial charge on any atom is -0.264 e. The van der Waals surface area contributed by atoms with Gasteiger partial charge in [-0.3, -0.25) is 4.98 Å². The van der Waals surface area contributed by atoms with Gasteiger partial charge in [0.1, 0.15) is 4.90 Å². The van der Waals surface area contributed by atoms with Gasteiger partial charge in [0.25, 0.3) is 0 Å². The lowest BCUT2D eigenvalue weighted by Gasteiger charge is -2.04. The van der Waals surface area contributed by atoms with Gasteiger partial charge in [-0.05, 0) is 37.1 Å². The number of hydrogen-bond donors (Lipinski definition) is 1. The third kappa shape index (κ3) is 3.87. The van der Waals surface area contributed by atoms with Crippen molar-refractivity contribution in [1.82, 2.24) is 19.5 Å². The van der Waals surface area contributed by atoms with Crippen molar-refractivity contribution in [3.05, 3.63) is 72.3 Å². The van der Waals surface area contributed by atoms with Crippen LogP contribution >= 0.6 is 0 Å². The molecule has 3 aromatic rings. The Hall–Kier alpha value is -2.51. The van der Waals surface area contributed by atoms with Crippen LogP contribution in [-0.2, 0) is 16.4 Å². The maximum Gasteiger partial charge on any atom is 0.243 e. The van der Waals surface area contributed by atoms with Crippen LogP contribution in [0.5, 0.6) is 0 Å². The highest BCUT2D eigenvalue weighted by Crippen LogP contribution is 2.13. The van der Waals surface area contributed by atoms with Crippen LogP contribution in [0.25, 0.3) is 5.69 Å². The highest BCUT2D eigenvalue weighted by Gasteiger charge is 2.16. The summed E-state index contributed by atoms with van der Waals surface area (Å²) in [7, 11) is -3.58. The van der Waals surface area contributed by atoms with Gasteiger partial charge in [-0.1, -0.05) is 23.8 Å². The van der Waals surface area contributed by atoms with Crippen LogP contribution < -0.4 is 4.72 Å². The summed E-state index contributed by atoms with van der Waals surface area (Å²) in [6.07, 6.45) is 6.86. The van der Waals surface area contributed by atoms with E-state index in [1.54, 1.807) is 17.1 Å². The van der Waals surface area contributed by atoms with Gasteiger partial charge in [-0.25, -0.2) is 17.8 Å². The van der Waals surface area contributed by atoms with Gasteiger partial charge in [-0.15, -0.1) is 0 Å². The van der Waals surface area contributed by atoms with Crippen LogP contribution in [0, 0.1) is 6.92 Å². The summed E-state index contributed by atoms with van der Waals surface area (Å²) in [4.78, 5) is 4.16. The van der Waals surface area contributed by atoms with Crippen molar-refractivity contribution in [1.29, 1.82) is 0 Å². The maximum atomic E-state index is 12.3. The highest BCUT2D eigenvalue weighted by atomic mass is 32.2. The molecule has 0 aliphatic heterocycles. The van der Waals surface area contributed by atoms with E-state index in [0.717, 1.165) is 16.8 Å². The Morgan fingerprint density at radius 1 is 1.12 bits per heavy atom. The first kappa shape index (κ1) is 16.4. The number of sulfonamides is 1. The van der Waals surface area contributed by atoms with Crippen LogP contribution in [-0.4, -0.2) is 29.7 Å². The lowest BCUT2D eigenvalue weighted by Crippen LogP contribution is -2.25. The zero-order valence-corrected chi connectivity index (χ0v) is 14.1. The maximum absolute atomic E-state index is 12.3. The van der Waals surface area contributed by atoms with Crippen molar-refractivity contribution in [2.75, 3.05) is 6.54 Å². The Labute approximate surface area is 141 Å². The predicted molar refractivity (Wildman–Crippen MR) is 91.4 cm³/mol. The van der Waals surface area contributed by atoms with E-state index in [-0.39, 0.29) is 4.90 Å². The first-order valence-electron chi connectivity index (χ1n) is 7.55. The number of benzene rings is 1. The molecular formula is C17H18N4O2S. The van der Waals surface area contributed by atoms with Gasteiger partial charge in [0, 0.05) is 18.9 Å². The topological polar surface area (TPSA) is 76.9 Å². The fraction of sp³-hybridized carbons (Fsp3) is 0.176. The van der Waals surface area contributed by atoms with E-state index in [4.69, 9.17) is 0 Å². The summed E-state index contributed by atoms with van der Waals surface area (Å²) in [5.74, 6) is 0. The molecule has 0 radical (unpaired) electrons. The molecule has 0 fully saturated rings. The SMILES string of the molecule is Cc1ccc(-n2cc(S(=O)(=O)NCCc3cccnc3)cn2)cc1. The Bertz CT molecular complexity index is 903. The van der Waals surface area contributed by atoms with E-state index < -0.39 is 10.0 Å². The molecule has 1 N–H and O–H groups in total. The molecule has 2 aromatic heterocycles. The molecule has 0 saturated carbocycles. The quantitative estimate of drug-likeness (QED) is 0.744. The number of nitrogens with one attached hydrogen (secondary N) is 1. The molecule has 24 heavy (non-hydrogen) atoms. The van der Waals surface area contributed by atoms with Crippen molar-refractivity contribution in [3.8, 4) is 5.69 Å². The molecule has 3 rings (SSSR count). The average molecular weight is 342 g/mol. The van der Waals surface area contributed by atoms with E-state index in [1.165, 1.54) is 12.4 Å². The molecule has 7 heteroatoms. The van der Waals surface area contributed by atoms with Crippen LogP contribution in [0.3, 0.4) is 0 Å². The molecule has 0 unspecified atom stereocenters. The van der Waals surface area contributed by atoms with Gasteiger partial charge in [-0.2, -0.15) is 5.10 Å². The first-order chi connectivity index (χ1) is 11.5. The van der Waals surface area contributed by atoms with Crippen molar-refractivity contribution in [2.45, 2.75) is 18.2 Å². The zero-order chi connectivity index (χ0) is 17.0. The second kappa shape index (κ2) is 6.94. The number of aryl methyl sites for hydroxylation is 1. The number of hydrogen-bond acceptors (Lipinski definition) is 4. The molecule has 0 aliphatic rings. The highest BCUT2D eigenvalue weighted by molar-refractivity contribution is 7.89. The van der Waals surface area contributed by atoms with Gasteiger partial charge < -0.3 is 0 Å². The smallest absolute Gasteiger partial charge is 0.243 e. The molecule has 6 nitrogen and oxygen atoms in total. The van der Waals surface area contributed by atoms with Crippen LogP contribution in [0.4, 0.5) is 0 Å². The Kier molecular flexibility index (Phi) is 4.73. The third-order valence-electron chi connectivity index (χ3n) is 3.60. The second-order valence-electron chi connectivity index (χ2n) is 5.47. The molecule has 2 heterocycles. The number of nitrogens with zero attached hydrogens (tertiary/aromatic N) is 3. The molecule has 0 saturated heterocycles. The van der Waals surface area contributed by atoms with Crippen LogP contribution in [0.1, 0.15) is 11.1 Å². The van der Waals surface area contributed by atoms with Gasteiger partial charge in [0.2, 0.25) is 10.0 Å². The van der Waals surface area contributed by atoms with Crippen molar-refractivity contribution in [3.63, 3.8) is 0 Å². The monoisotopic (exact) mass is 342 g/mol. The summed E-state index contributed by atoms with van der Waals surface area (Å²) in [6.45, 7) is 2.30. The summed E-state index contributed by atoms with van der Waals surface area (Å²) in [5, 5.41) is 4.14. The second-order valence-corrected chi connectivity index (χ2v) is 7.23. The Morgan fingerprint density at radius 3 is 2.62 bits per heavy atom. The van der Waals surface area contributed by atoms with Gasteiger partial charge >= 0.3 is 0 Å². The van der Waals surface area contributed by atoms with E-state index in [2.05, 4.69) is 14.8 Å². The zero-order valence-electron chi connectivity index (χ0n) is 13.3. The van der Waals surface area contributed by atoms with E-state index >= 15 is 0 Å². The predicted octanol–water partition coefficient (Wildman–Crippen LogP) is 2.10. The van der Waals surface area contributed by atoms with Crippen molar-refractivity contribution < 1.29 is 8.42 Å². The summed E-state index contributed by atoms with van der Waals surface area (Å²) >= 11 is 0. The molecular weight excluding hydrogens is 324 g/mol. The molecule has 1 aromatic carbocycles. The Morgan fingerprint density at radius 2 is 1.92 bits per heavy atom. The Balaban J connectivity index is 1.68. The molecule has 0 amide bonds. The summed E-state index contributed by atoms with van der Waals surface area (Å²) in [5.41, 5.74) is 2.93. The summed E-state index contributed by atoms with van der Waals surface area (Å²) in [6, 6.07) is 11.4. The molecule has 0 bridgehead atoms. The third-order valence-corrected chi connectivity index (χ3v) is 5.01. The lowest BCUT2D eigenvalue weighted by atomic mass is 10.2. The van der Waals surface area contributed by atoms with Gasteiger partial charge in [0.15, 0.2) is 0 Å². The molecule has 124 valence electrons. The van der Waals surface area contributed by atoms with E-state index in [1.807, 2.05) is 43.3 Å². The van der Waals surface area contributed by atoms with Crippen molar-refractivity contribution >= 4 is 10.0 Å². The fourth-order valence-electron chi connectivity index (χ4n) is 2.24. The molecule has 0 aliphatic carbocycles. The molecule has 0 atom stereocenters. The summed E-state index contributed by atoms with van der Waals surface area (Å²) < 4.78 is 28.8. The van der Waals surface area contributed by atoms with Crippen LogP contribution in [0.15, 0.2) is 66.1 Å². The minimum atomic E-state index is -3.58. The van der Waals surface area contributed by atoms with E-state index in [0.29, 0.717) is 13.0 Å². The number of aromatic nitrogens is 3. The fourth-order valence-corrected chi connectivity index (χ4v) is 3.20. The number of rotatable bonds is 6. The average Bonchev–Trinajstić information content (AvgIpc) is 3.07. The standard InChI is InChI=1S/C17H18N4O2S/c1-14-4-6-16(7-5-14)21-13-17(12-19-21)24(22,23)20-10-8-15-3-2-9-18-11-15/h2-7,9,11-13,20H,8,10H2,1H3. The minimum absolute atomic E-state index is 0.147. The normalized spacial score (nSPS) is 11.5. The van der Waals surface area contributed by atoms with Crippen LogP contribution in [0.2, 0.25) is 0 Å². The first-order valence-corrected chi connectivity index (χ1v) is 9.03. The largest absolute Gasteiger partial charge is 0.264 e. The van der Waals surface area contributed by atoms with Gasteiger partial charge in [0.05, 0.1) is 18.1 Å². The van der Waals surface area contributed by atoms with Crippen molar-refractivity contribution in [2.24, 2.45) is 0 Å². The number of pyridine rings is 1. The molecule has 0 spiro atoms. The van der Waals surface area contributed by atoms with E-state index in [9.17, 15) is 8.42 Å². The lowest BCUT2D eigenvalue weighted by molar-refractivity contribution is 0.581.